The Morgan fingerprint density at radius 2 is 1.81 bits per heavy atom. The second-order valence-corrected chi connectivity index (χ2v) is 6.62. The Bertz CT molecular complexity index is 407. The molecule has 118 valence electrons. The van der Waals surface area contributed by atoms with Crippen LogP contribution in [0.15, 0.2) is 12.4 Å². The summed E-state index contributed by atoms with van der Waals surface area (Å²) < 4.78 is 0. The van der Waals surface area contributed by atoms with Crippen LogP contribution in [0, 0.1) is 5.92 Å². The van der Waals surface area contributed by atoms with Crippen molar-refractivity contribution in [2.45, 2.75) is 71.5 Å². The molecule has 1 N–H and O–H groups in total. The zero-order chi connectivity index (χ0) is 15.2. The molecule has 1 saturated carbocycles. The normalized spacial score (nSPS) is 22.5. The number of hydrogen-bond acceptors (Lipinski definition) is 4. The number of nitrogens with one attached hydrogen (secondary N) is 1. The summed E-state index contributed by atoms with van der Waals surface area (Å²) in [5.41, 5.74) is 1.15. The van der Waals surface area contributed by atoms with Gasteiger partial charge in [-0.25, -0.2) is 9.97 Å². The van der Waals surface area contributed by atoms with Crippen molar-refractivity contribution in [2.24, 2.45) is 5.92 Å². The molecule has 0 spiro atoms. The van der Waals surface area contributed by atoms with Crippen LogP contribution in [0.4, 0.5) is 5.95 Å². The third-order valence-electron chi connectivity index (χ3n) is 4.66. The van der Waals surface area contributed by atoms with E-state index < -0.39 is 0 Å². The number of aromatic nitrogens is 2. The zero-order valence-corrected chi connectivity index (χ0v) is 14.0. The van der Waals surface area contributed by atoms with Gasteiger partial charge in [0.1, 0.15) is 0 Å². The van der Waals surface area contributed by atoms with Gasteiger partial charge < -0.3 is 10.2 Å². The van der Waals surface area contributed by atoms with E-state index in [2.05, 4.69) is 48.0 Å². The molecule has 1 fully saturated rings. The molecule has 0 unspecified atom stereocenters. The van der Waals surface area contributed by atoms with Crippen LogP contribution >= 0.6 is 0 Å². The van der Waals surface area contributed by atoms with Gasteiger partial charge in [-0.05, 0) is 31.6 Å². The quantitative estimate of drug-likeness (QED) is 0.872. The molecule has 0 aromatic carbocycles. The molecule has 1 aliphatic rings. The lowest BCUT2D eigenvalue weighted by atomic mass is 9.84. The van der Waals surface area contributed by atoms with Gasteiger partial charge in [-0.1, -0.05) is 27.2 Å². The number of rotatable bonds is 6. The minimum atomic E-state index is 0.487. The molecule has 0 amide bonds. The van der Waals surface area contributed by atoms with E-state index in [1.165, 1.54) is 32.1 Å². The molecule has 1 aromatic heterocycles. The molecular formula is C17H30N4. The average Bonchev–Trinajstić information content (AvgIpc) is 2.53. The first kappa shape index (κ1) is 16.2. The highest BCUT2D eigenvalue weighted by Crippen LogP contribution is 2.30. The number of anilines is 1. The van der Waals surface area contributed by atoms with Crippen LogP contribution in [0.3, 0.4) is 0 Å². The fourth-order valence-electron chi connectivity index (χ4n) is 3.05. The van der Waals surface area contributed by atoms with E-state index in [4.69, 9.17) is 0 Å². The van der Waals surface area contributed by atoms with Crippen LogP contribution in [-0.4, -0.2) is 29.1 Å². The topological polar surface area (TPSA) is 41.1 Å². The summed E-state index contributed by atoms with van der Waals surface area (Å²) in [6.45, 7) is 7.44. The van der Waals surface area contributed by atoms with Gasteiger partial charge in [-0.3, -0.25) is 0 Å². The predicted molar refractivity (Wildman–Crippen MR) is 88.4 cm³/mol. The van der Waals surface area contributed by atoms with Crippen molar-refractivity contribution in [3.63, 3.8) is 0 Å². The third kappa shape index (κ3) is 4.67. The zero-order valence-electron chi connectivity index (χ0n) is 14.0. The Labute approximate surface area is 129 Å². The minimum absolute atomic E-state index is 0.487. The van der Waals surface area contributed by atoms with Gasteiger partial charge in [0.15, 0.2) is 0 Å². The lowest BCUT2D eigenvalue weighted by molar-refractivity contribution is 0.312. The van der Waals surface area contributed by atoms with Gasteiger partial charge in [0, 0.05) is 43.6 Å². The van der Waals surface area contributed by atoms with Gasteiger partial charge in [0.2, 0.25) is 5.95 Å². The molecule has 0 bridgehead atoms. The van der Waals surface area contributed by atoms with Crippen LogP contribution in [0.1, 0.15) is 58.4 Å². The van der Waals surface area contributed by atoms with Crippen LogP contribution < -0.4 is 10.2 Å². The van der Waals surface area contributed by atoms with Crippen LogP contribution in [0.5, 0.6) is 0 Å². The molecule has 1 aliphatic carbocycles. The highest BCUT2D eigenvalue weighted by molar-refractivity contribution is 5.30. The molecule has 0 radical (unpaired) electrons. The van der Waals surface area contributed by atoms with Gasteiger partial charge in [0.25, 0.3) is 0 Å². The Balaban J connectivity index is 1.89. The van der Waals surface area contributed by atoms with Crippen molar-refractivity contribution in [1.29, 1.82) is 0 Å². The summed E-state index contributed by atoms with van der Waals surface area (Å²) >= 11 is 0. The molecule has 4 heteroatoms. The second kappa shape index (κ2) is 7.74. The Hall–Kier alpha value is -1.16. The first-order valence-electron chi connectivity index (χ1n) is 8.37. The Morgan fingerprint density at radius 1 is 1.19 bits per heavy atom. The fourth-order valence-corrected chi connectivity index (χ4v) is 3.05. The molecule has 1 heterocycles. The summed E-state index contributed by atoms with van der Waals surface area (Å²) in [6.07, 6.45) is 10.5. The van der Waals surface area contributed by atoms with Crippen molar-refractivity contribution in [1.82, 2.24) is 15.3 Å². The van der Waals surface area contributed by atoms with E-state index in [1.54, 1.807) is 0 Å². The van der Waals surface area contributed by atoms with Gasteiger partial charge >= 0.3 is 0 Å². The molecular weight excluding hydrogens is 260 g/mol. The van der Waals surface area contributed by atoms with Gasteiger partial charge in [-0.15, -0.1) is 0 Å². The van der Waals surface area contributed by atoms with E-state index in [1.807, 2.05) is 12.4 Å². The van der Waals surface area contributed by atoms with Crippen LogP contribution in [0.25, 0.3) is 0 Å². The van der Waals surface area contributed by atoms with Crippen molar-refractivity contribution in [2.75, 3.05) is 11.9 Å². The van der Waals surface area contributed by atoms with E-state index in [-0.39, 0.29) is 0 Å². The van der Waals surface area contributed by atoms with Crippen molar-refractivity contribution in [3.05, 3.63) is 18.0 Å². The molecule has 21 heavy (non-hydrogen) atoms. The van der Waals surface area contributed by atoms with Crippen molar-refractivity contribution in [3.8, 4) is 0 Å². The van der Waals surface area contributed by atoms with E-state index >= 15 is 0 Å². The van der Waals surface area contributed by atoms with Gasteiger partial charge in [0.05, 0.1) is 0 Å². The van der Waals surface area contributed by atoms with Crippen LogP contribution in [-0.2, 0) is 6.54 Å². The first-order valence-corrected chi connectivity index (χ1v) is 8.37. The predicted octanol–water partition coefficient (Wildman–Crippen LogP) is 3.38. The lowest BCUT2D eigenvalue weighted by Crippen LogP contribution is -2.36. The minimum Gasteiger partial charge on any atom is -0.341 e. The maximum atomic E-state index is 4.55. The summed E-state index contributed by atoms with van der Waals surface area (Å²) in [7, 11) is 2.14. The standard InChI is InChI=1S/C17H30N4/c1-5-14-6-8-16(9-7-14)21(4)17-19-11-15(12-20-17)10-18-13(2)3/h11-14,16,18H,5-10H2,1-4H3. The summed E-state index contributed by atoms with van der Waals surface area (Å²) in [4.78, 5) is 11.4. The molecule has 0 saturated heterocycles. The molecule has 1 aromatic rings. The number of hydrogen-bond donors (Lipinski definition) is 1. The van der Waals surface area contributed by atoms with Crippen molar-refractivity contribution < 1.29 is 0 Å². The first-order chi connectivity index (χ1) is 10.1. The molecule has 2 rings (SSSR count). The summed E-state index contributed by atoms with van der Waals surface area (Å²) in [5, 5.41) is 3.39. The SMILES string of the molecule is CCC1CCC(N(C)c2ncc(CNC(C)C)cn2)CC1. The van der Waals surface area contributed by atoms with Gasteiger partial charge in [-0.2, -0.15) is 0 Å². The highest BCUT2D eigenvalue weighted by Gasteiger charge is 2.24. The Kier molecular flexibility index (Phi) is 5.97. The smallest absolute Gasteiger partial charge is 0.225 e. The van der Waals surface area contributed by atoms with Crippen molar-refractivity contribution >= 4 is 5.95 Å². The maximum absolute atomic E-state index is 4.55. The fraction of sp³-hybridized carbons (Fsp3) is 0.765. The summed E-state index contributed by atoms with van der Waals surface area (Å²) in [6, 6.07) is 1.09. The van der Waals surface area contributed by atoms with E-state index in [9.17, 15) is 0 Å². The number of nitrogens with zero attached hydrogens (tertiary/aromatic N) is 3. The monoisotopic (exact) mass is 290 g/mol. The summed E-state index contributed by atoms with van der Waals surface area (Å²) in [5.74, 6) is 1.79. The lowest BCUT2D eigenvalue weighted by Gasteiger charge is -2.34. The second-order valence-electron chi connectivity index (χ2n) is 6.62. The third-order valence-corrected chi connectivity index (χ3v) is 4.66. The molecule has 0 atom stereocenters. The molecule has 0 aliphatic heterocycles. The molecule has 4 nitrogen and oxygen atoms in total. The highest BCUT2D eigenvalue weighted by atomic mass is 15.2. The Morgan fingerprint density at radius 3 is 2.33 bits per heavy atom. The van der Waals surface area contributed by atoms with E-state index in [0.29, 0.717) is 12.1 Å². The van der Waals surface area contributed by atoms with E-state index in [0.717, 1.165) is 24.0 Å². The largest absolute Gasteiger partial charge is 0.341 e. The maximum Gasteiger partial charge on any atom is 0.225 e. The average molecular weight is 290 g/mol. The van der Waals surface area contributed by atoms with Crippen LogP contribution in [0.2, 0.25) is 0 Å².